The van der Waals surface area contributed by atoms with Crippen molar-refractivity contribution in [1.29, 1.82) is 0 Å². The van der Waals surface area contributed by atoms with Crippen molar-refractivity contribution in [3.63, 3.8) is 0 Å². The molecular weight excluding hydrogens is 172 g/mol. The third kappa shape index (κ3) is 5.99. The molecule has 1 atom stereocenters. The van der Waals surface area contributed by atoms with Crippen LogP contribution in [-0.2, 0) is 4.79 Å². The summed E-state index contributed by atoms with van der Waals surface area (Å²) in [4.78, 5) is 10.8. The summed E-state index contributed by atoms with van der Waals surface area (Å²) in [6, 6.07) is 0. The summed E-state index contributed by atoms with van der Waals surface area (Å²) in [6.45, 7) is 8.65. The van der Waals surface area contributed by atoms with Gasteiger partial charge >= 0.3 is 0 Å². The first kappa shape index (κ1) is 13.4. The van der Waals surface area contributed by atoms with E-state index in [1.54, 1.807) is 0 Å². The molecule has 0 saturated heterocycles. The first-order valence-corrected chi connectivity index (χ1v) is 5.85. The lowest BCUT2D eigenvalue weighted by atomic mass is 9.90. The molecule has 1 unspecified atom stereocenters. The largest absolute Gasteiger partial charge is 0.234 e. The van der Waals surface area contributed by atoms with E-state index >= 15 is 0 Å². The molecule has 0 saturated carbocycles. The average Bonchev–Trinajstić information content (AvgIpc) is 2.14. The Morgan fingerprint density at radius 1 is 1.21 bits per heavy atom. The average molecular weight is 196 g/mol. The molecular formula is C13H24O. The van der Waals surface area contributed by atoms with E-state index in [2.05, 4.69) is 33.6 Å². The third-order valence-corrected chi connectivity index (χ3v) is 2.59. The van der Waals surface area contributed by atoms with Gasteiger partial charge in [0.2, 0.25) is 0 Å². The molecule has 0 spiro atoms. The lowest BCUT2D eigenvalue weighted by Gasteiger charge is -2.14. The molecule has 0 aliphatic heterocycles. The van der Waals surface area contributed by atoms with Gasteiger partial charge in [-0.25, -0.2) is 4.79 Å². The number of carbonyl (C=O) groups excluding carboxylic acids is 1. The lowest BCUT2D eigenvalue weighted by Crippen LogP contribution is -2.03. The molecule has 0 aromatic carbocycles. The summed E-state index contributed by atoms with van der Waals surface area (Å²) >= 11 is 0. The maximum Gasteiger partial charge on any atom is 0.123 e. The van der Waals surface area contributed by atoms with Crippen LogP contribution in [0.5, 0.6) is 0 Å². The second-order valence-electron chi connectivity index (χ2n) is 4.62. The smallest absolute Gasteiger partial charge is 0.123 e. The van der Waals surface area contributed by atoms with Crippen molar-refractivity contribution in [3.05, 3.63) is 5.57 Å². The summed E-state index contributed by atoms with van der Waals surface area (Å²) in [5.74, 6) is 3.13. The first-order chi connectivity index (χ1) is 6.61. The van der Waals surface area contributed by atoms with Crippen molar-refractivity contribution in [2.45, 2.75) is 59.8 Å². The van der Waals surface area contributed by atoms with Gasteiger partial charge in [-0.1, -0.05) is 47.0 Å². The molecule has 1 nitrogen and oxygen atoms in total. The number of hydrogen-bond acceptors (Lipinski definition) is 1. The standard InChI is InChI=1S/C13H24O/c1-5-6-7-8-12(4)13(10-14)9-11(2)3/h11-12H,5-9H2,1-4H3. The highest BCUT2D eigenvalue weighted by Gasteiger charge is 2.11. The molecule has 0 heterocycles. The highest BCUT2D eigenvalue weighted by molar-refractivity contribution is 5.53. The van der Waals surface area contributed by atoms with Crippen molar-refractivity contribution in [3.8, 4) is 0 Å². The zero-order chi connectivity index (χ0) is 11.0. The van der Waals surface area contributed by atoms with Gasteiger partial charge in [0.15, 0.2) is 0 Å². The molecule has 0 amide bonds. The van der Waals surface area contributed by atoms with Crippen LogP contribution in [0.3, 0.4) is 0 Å². The minimum absolute atomic E-state index is 0.432. The maximum atomic E-state index is 10.8. The highest BCUT2D eigenvalue weighted by atomic mass is 16.1. The Balaban J connectivity index is 3.93. The van der Waals surface area contributed by atoms with Gasteiger partial charge in [0, 0.05) is 5.57 Å². The van der Waals surface area contributed by atoms with Crippen LogP contribution in [0.2, 0.25) is 0 Å². The molecule has 0 aromatic rings. The predicted octanol–water partition coefficient (Wildman–Crippen LogP) is 4.01. The summed E-state index contributed by atoms with van der Waals surface area (Å²) in [5.41, 5.74) is 0.983. The van der Waals surface area contributed by atoms with Crippen LogP contribution in [0.15, 0.2) is 5.57 Å². The summed E-state index contributed by atoms with van der Waals surface area (Å²) in [5, 5.41) is 0. The van der Waals surface area contributed by atoms with E-state index in [1.807, 2.05) is 0 Å². The van der Waals surface area contributed by atoms with Crippen molar-refractivity contribution in [2.24, 2.45) is 11.8 Å². The zero-order valence-electron chi connectivity index (χ0n) is 10.1. The molecule has 0 N–H and O–H groups in total. The van der Waals surface area contributed by atoms with Crippen LogP contribution in [0.4, 0.5) is 0 Å². The second kappa shape index (κ2) is 7.82. The quantitative estimate of drug-likeness (QED) is 0.444. The first-order valence-electron chi connectivity index (χ1n) is 5.85. The van der Waals surface area contributed by atoms with Gasteiger partial charge < -0.3 is 0 Å². The van der Waals surface area contributed by atoms with E-state index in [0.717, 1.165) is 18.4 Å². The molecule has 0 bridgehead atoms. The van der Waals surface area contributed by atoms with Gasteiger partial charge in [0.05, 0.1) is 0 Å². The Morgan fingerprint density at radius 2 is 1.86 bits per heavy atom. The van der Waals surface area contributed by atoms with E-state index in [1.165, 1.54) is 19.3 Å². The number of rotatable bonds is 7. The van der Waals surface area contributed by atoms with Crippen LogP contribution < -0.4 is 0 Å². The Labute approximate surface area is 88.6 Å². The van der Waals surface area contributed by atoms with Crippen LogP contribution in [0, 0.1) is 11.8 Å². The summed E-state index contributed by atoms with van der Waals surface area (Å²) in [7, 11) is 0. The fourth-order valence-corrected chi connectivity index (χ4v) is 1.66. The number of allylic oxidation sites excluding steroid dienone is 1. The van der Waals surface area contributed by atoms with Gasteiger partial charge in [-0.15, -0.1) is 0 Å². The molecule has 0 aromatic heterocycles. The maximum absolute atomic E-state index is 10.8. The second-order valence-corrected chi connectivity index (χ2v) is 4.62. The summed E-state index contributed by atoms with van der Waals surface area (Å²) < 4.78 is 0. The van der Waals surface area contributed by atoms with Gasteiger partial charge in [-0.2, -0.15) is 0 Å². The molecule has 14 heavy (non-hydrogen) atoms. The normalized spacial score (nSPS) is 12.6. The minimum atomic E-state index is 0.432. The number of unbranched alkanes of at least 4 members (excludes halogenated alkanes) is 2. The van der Waals surface area contributed by atoms with Crippen molar-refractivity contribution in [1.82, 2.24) is 0 Å². The molecule has 1 heteroatoms. The SMILES string of the molecule is CCCCCC(C)C(=C=O)CC(C)C. The number of hydrogen-bond donors (Lipinski definition) is 0. The summed E-state index contributed by atoms with van der Waals surface area (Å²) in [6.07, 6.45) is 5.82. The monoisotopic (exact) mass is 196 g/mol. The molecule has 0 rings (SSSR count). The van der Waals surface area contributed by atoms with Crippen LogP contribution in [-0.4, -0.2) is 5.94 Å². The Hall–Kier alpha value is -0.550. The molecule has 0 aliphatic rings. The Morgan fingerprint density at radius 3 is 2.29 bits per heavy atom. The van der Waals surface area contributed by atoms with E-state index in [-0.39, 0.29) is 0 Å². The van der Waals surface area contributed by atoms with E-state index in [9.17, 15) is 4.79 Å². The molecule has 0 aliphatic carbocycles. The predicted molar refractivity (Wildman–Crippen MR) is 62.0 cm³/mol. The molecule has 0 fully saturated rings. The van der Waals surface area contributed by atoms with Gasteiger partial charge in [-0.3, -0.25) is 0 Å². The van der Waals surface area contributed by atoms with Crippen LogP contribution in [0.1, 0.15) is 59.8 Å². The minimum Gasteiger partial charge on any atom is -0.234 e. The van der Waals surface area contributed by atoms with Crippen LogP contribution >= 0.6 is 0 Å². The Bertz CT molecular complexity index is 187. The van der Waals surface area contributed by atoms with E-state index < -0.39 is 0 Å². The van der Waals surface area contributed by atoms with E-state index in [0.29, 0.717) is 11.8 Å². The molecule has 82 valence electrons. The van der Waals surface area contributed by atoms with Gasteiger partial charge in [0.25, 0.3) is 0 Å². The highest BCUT2D eigenvalue weighted by Crippen LogP contribution is 2.21. The topological polar surface area (TPSA) is 17.1 Å². The lowest BCUT2D eigenvalue weighted by molar-refractivity contribution is 0.502. The Kier molecular flexibility index (Phi) is 7.51. The fourth-order valence-electron chi connectivity index (χ4n) is 1.66. The zero-order valence-corrected chi connectivity index (χ0v) is 10.1. The van der Waals surface area contributed by atoms with Gasteiger partial charge in [0.1, 0.15) is 5.94 Å². The van der Waals surface area contributed by atoms with Crippen molar-refractivity contribution in [2.75, 3.05) is 0 Å². The third-order valence-electron chi connectivity index (χ3n) is 2.59. The van der Waals surface area contributed by atoms with Gasteiger partial charge in [-0.05, 0) is 24.7 Å². The van der Waals surface area contributed by atoms with Crippen molar-refractivity contribution >= 4 is 5.94 Å². The molecule has 0 radical (unpaired) electrons. The van der Waals surface area contributed by atoms with Crippen LogP contribution in [0.25, 0.3) is 0 Å². The van der Waals surface area contributed by atoms with E-state index in [4.69, 9.17) is 0 Å². The van der Waals surface area contributed by atoms with Crippen molar-refractivity contribution < 1.29 is 4.79 Å². The fraction of sp³-hybridized carbons (Fsp3) is 0.846.